The Labute approximate surface area is 310 Å². The summed E-state index contributed by atoms with van der Waals surface area (Å²) < 4.78 is 6.77. The maximum atomic E-state index is 6.77. The maximum absolute atomic E-state index is 6.77. The first kappa shape index (κ1) is 31.2. The summed E-state index contributed by atoms with van der Waals surface area (Å²) in [7, 11) is 0. The van der Waals surface area contributed by atoms with Crippen molar-refractivity contribution in [2.24, 2.45) is 9.98 Å². The normalized spacial score (nSPS) is 17.1. The number of hydrogen-bond acceptors (Lipinski definition) is 4. The fourth-order valence-corrected chi connectivity index (χ4v) is 8.74. The molecule has 0 saturated heterocycles. The zero-order valence-electron chi connectivity index (χ0n) is 29.6. The van der Waals surface area contributed by atoms with E-state index in [0.29, 0.717) is 0 Å². The minimum Gasteiger partial charge on any atom is -0.457 e. The van der Waals surface area contributed by atoms with Gasteiger partial charge in [0.1, 0.15) is 23.2 Å². The standard InChI is InChI=1S/C49H37N3O/c1-48(2)37-19-9-11-21-39(37)49(40-22-12-10-20-38(40)48)41-23-13-14-24-43(41)53-44-30-29-36(31-42(44)49)47-51-45(34-17-7-4-8-18-34)50-46(52-47)35-27-25-33(26-28-35)32-15-5-3-6-16-32/h3-31,45H,1-2H3,(H,50,51,52). The van der Waals surface area contributed by atoms with Gasteiger partial charge in [0.25, 0.3) is 0 Å². The average Bonchev–Trinajstić information content (AvgIpc) is 3.23. The Balaban J connectivity index is 1.16. The summed E-state index contributed by atoms with van der Waals surface area (Å²) in [5, 5.41) is 3.67. The van der Waals surface area contributed by atoms with Crippen LogP contribution in [0.4, 0.5) is 0 Å². The average molecular weight is 684 g/mol. The molecule has 1 unspecified atom stereocenters. The molecule has 0 amide bonds. The first-order valence-electron chi connectivity index (χ1n) is 18.3. The summed E-state index contributed by atoms with van der Waals surface area (Å²) in [4.78, 5) is 10.4. The fraction of sp³-hybridized carbons (Fsp3) is 0.102. The van der Waals surface area contributed by atoms with Crippen LogP contribution >= 0.6 is 0 Å². The van der Waals surface area contributed by atoms with Gasteiger partial charge in [0.15, 0.2) is 6.17 Å². The lowest BCUT2D eigenvalue weighted by molar-refractivity contribution is 0.425. The second-order valence-electron chi connectivity index (χ2n) is 14.6. The predicted octanol–water partition coefficient (Wildman–Crippen LogP) is 11.0. The summed E-state index contributed by atoms with van der Waals surface area (Å²) in [5.41, 5.74) is 12.0. The van der Waals surface area contributed by atoms with Crippen LogP contribution < -0.4 is 10.1 Å². The van der Waals surface area contributed by atoms with Crippen molar-refractivity contribution in [3.63, 3.8) is 0 Å². The van der Waals surface area contributed by atoms with E-state index in [9.17, 15) is 0 Å². The van der Waals surface area contributed by atoms with Crippen LogP contribution in [0.2, 0.25) is 0 Å². The first-order valence-corrected chi connectivity index (χ1v) is 18.3. The van der Waals surface area contributed by atoms with Crippen LogP contribution in [0.3, 0.4) is 0 Å². The summed E-state index contributed by atoms with van der Waals surface area (Å²) in [6.07, 6.45) is -0.407. The highest BCUT2D eigenvalue weighted by molar-refractivity contribution is 6.16. The molecule has 0 bridgehead atoms. The third-order valence-corrected chi connectivity index (χ3v) is 11.3. The second kappa shape index (κ2) is 12.0. The van der Waals surface area contributed by atoms with Gasteiger partial charge in [0, 0.05) is 27.7 Å². The summed E-state index contributed by atoms with van der Waals surface area (Å²) in [6.45, 7) is 4.69. The van der Waals surface area contributed by atoms with Gasteiger partial charge in [-0.2, -0.15) is 0 Å². The van der Waals surface area contributed by atoms with Crippen LogP contribution in [0.25, 0.3) is 11.1 Å². The summed E-state index contributed by atoms with van der Waals surface area (Å²) in [5.74, 6) is 3.28. The molecule has 254 valence electrons. The molecule has 0 radical (unpaired) electrons. The lowest BCUT2D eigenvalue weighted by atomic mass is 9.53. The van der Waals surface area contributed by atoms with E-state index < -0.39 is 11.6 Å². The number of rotatable bonds is 4. The molecule has 7 aromatic rings. The summed E-state index contributed by atoms with van der Waals surface area (Å²) >= 11 is 0. The zero-order valence-corrected chi connectivity index (χ0v) is 29.6. The molecule has 0 fully saturated rings. The number of hydrogen-bond donors (Lipinski definition) is 1. The molecule has 1 N–H and O–H groups in total. The zero-order chi connectivity index (χ0) is 35.6. The molecule has 53 heavy (non-hydrogen) atoms. The largest absolute Gasteiger partial charge is 0.457 e. The van der Waals surface area contributed by atoms with E-state index in [1.807, 2.05) is 24.3 Å². The molecular formula is C49H37N3O. The molecule has 0 saturated carbocycles. The monoisotopic (exact) mass is 683 g/mol. The summed E-state index contributed by atoms with van der Waals surface area (Å²) in [6, 6.07) is 62.4. The minimum atomic E-state index is -0.610. The SMILES string of the molecule is CC1(C)c2ccccc2C2(c3ccccc3Oc3ccc(C4=NC(c5ccccc5)N=C(c5ccc(-c6ccccc6)cc5)N4)cc32)c2ccccc21. The van der Waals surface area contributed by atoms with Gasteiger partial charge in [-0.15, -0.1) is 0 Å². The number of aliphatic imine (C=N–C) groups is 2. The number of benzene rings is 7. The molecular weight excluding hydrogens is 647 g/mol. The van der Waals surface area contributed by atoms with Crippen LogP contribution in [-0.2, 0) is 10.8 Å². The third kappa shape index (κ3) is 4.83. The highest BCUT2D eigenvalue weighted by atomic mass is 16.5. The van der Waals surface area contributed by atoms with E-state index in [1.54, 1.807) is 0 Å². The molecule has 4 heteroatoms. The van der Waals surface area contributed by atoms with Crippen molar-refractivity contribution in [2.45, 2.75) is 30.8 Å². The van der Waals surface area contributed by atoms with E-state index in [4.69, 9.17) is 14.7 Å². The molecule has 7 aromatic carbocycles. The number of nitrogens with zero attached hydrogens (tertiary/aromatic N) is 2. The number of nitrogens with one attached hydrogen (secondary N) is 1. The van der Waals surface area contributed by atoms with Crippen LogP contribution in [0.15, 0.2) is 186 Å². The van der Waals surface area contributed by atoms with E-state index in [1.165, 1.54) is 27.8 Å². The van der Waals surface area contributed by atoms with Gasteiger partial charge < -0.3 is 10.1 Å². The van der Waals surface area contributed by atoms with Crippen molar-refractivity contribution in [2.75, 3.05) is 0 Å². The van der Waals surface area contributed by atoms with Gasteiger partial charge in [-0.05, 0) is 63.2 Å². The number of amidine groups is 2. The van der Waals surface area contributed by atoms with Gasteiger partial charge >= 0.3 is 0 Å². The first-order chi connectivity index (χ1) is 26.0. The Morgan fingerprint density at radius 3 is 1.57 bits per heavy atom. The fourth-order valence-electron chi connectivity index (χ4n) is 8.74. The minimum absolute atomic E-state index is 0.192. The Bertz CT molecular complexity index is 2540. The molecule has 1 atom stereocenters. The van der Waals surface area contributed by atoms with Crippen molar-refractivity contribution in [1.82, 2.24) is 5.32 Å². The van der Waals surface area contributed by atoms with Gasteiger partial charge in [0.05, 0.1) is 5.41 Å². The number of para-hydroxylation sites is 1. The van der Waals surface area contributed by atoms with Crippen molar-refractivity contribution < 1.29 is 4.74 Å². The van der Waals surface area contributed by atoms with Crippen molar-refractivity contribution in [3.05, 3.63) is 226 Å². The Morgan fingerprint density at radius 2 is 0.906 bits per heavy atom. The molecule has 4 nitrogen and oxygen atoms in total. The highest BCUT2D eigenvalue weighted by Gasteiger charge is 2.52. The molecule has 2 heterocycles. The van der Waals surface area contributed by atoms with Crippen molar-refractivity contribution in [1.29, 1.82) is 0 Å². The van der Waals surface area contributed by atoms with Crippen LogP contribution in [0, 0.1) is 0 Å². The molecule has 2 aliphatic heterocycles. The van der Waals surface area contributed by atoms with Crippen molar-refractivity contribution in [3.8, 4) is 22.6 Å². The number of fused-ring (bicyclic) bond motifs is 8. The molecule has 10 rings (SSSR count). The van der Waals surface area contributed by atoms with Gasteiger partial charge in [-0.3, -0.25) is 0 Å². The quantitative estimate of drug-likeness (QED) is 0.201. The van der Waals surface area contributed by atoms with Gasteiger partial charge in [0.2, 0.25) is 0 Å². The third-order valence-electron chi connectivity index (χ3n) is 11.3. The second-order valence-corrected chi connectivity index (χ2v) is 14.6. The lowest BCUT2D eigenvalue weighted by Gasteiger charge is -2.50. The predicted molar refractivity (Wildman–Crippen MR) is 214 cm³/mol. The number of ether oxygens (including phenoxy) is 1. The van der Waals surface area contributed by atoms with E-state index in [2.05, 4.69) is 171 Å². The highest BCUT2D eigenvalue weighted by Crippen LogP contribution is 2.61. The van der Waals surface area contributed by atoms with Crippen molar-refractivity contribution >= 4 is 11.7 Å². The van der Waals surface area contributed by atoms with Crippen LogP contribution in [-0.4, -0.2) is 11.7 Å². The molecule has 1 aliphatic carbocycles. The smallest absolute Gasteiger partial charge is 0.169 e. The topological polar surface area (TPSA) is 46.0 Å². The molecule has 3 aliphatic rings. The van der Waals surface area contributed by atoms with Crippen LogP contribution in [0.5, 0.6) is 11.5 Å². The molecule has 1 spiro atoms. The van der Waals surface area contributed by atoms with E-state index >= 15 is 0 Å². The molecule has 0 aromatic heterocycles. The Kier molecular flexibility index (Phi) is 7.09. The van der Waals surface area contributed by atoms with E-state index in [0.717, 1.165) is 56.6 Å². The Morgan fingerprint density at radius 1 is 0.434 bits per heavy atom. The Hall–Kier alpha value is -6.52. The van der Waals surface area contributed by atoms with Gasteiger partial charge in [-0.1, -0.05) is 166 Å². The van der Waals surface area contributed by atoms with Gasteiger partial charge in [-0.25, -0.2) is 9.98 Å². The maximum Gasteiger partial charge on any atom is 0.169 e. The lowest BCUT2D eigenvalue weighted by Crippen LogP contribution is -2.43. The van der Waals surface area contributed by atoms with E-state index in [-0.39, 0.29) is 5.41 Å². The van der Waals surface area contributed by atoms with Crippen LogP contribution in [0.1, 0.15) is 70.1 Å².